The van der Waals surface area contributed by atoms with E-state index in [4.69, 9.17) is 20.6 Å². The molecule has 1 heterocycles. The lowest BCUT2D eigenvalue weighted by Crippen LogP contribution is -2.17. The lowest BCUT2D eigenvalue weighted by atomic mass is 10.0. The molecule has 4 aromatic rings. The Bertz CT molecular complexity index is 1510. The number of benzene rings is 3. The van der Waals surface area contributed by atoms with Crippen LogP contribution in [0.4, 0.5) is 5.69 Å². The second-order valence-corrected chi connectivity index (χ2v) is 8.87. The number of hydrogen-bond acceptors (Lipinski definition) is 6. The summed E-state index contributed by atoms with van der Waals surface area (Å²) in [5.41, 5.74) is 10.3. The minimum Gasteiger partial charge on any atom is -0.465 e. The molecule has 9 heteroatoms. The molecule has 190 valence electrons. The molecule has 0 saturated heterocycles. The Morgan fingerprint density at radius 1 is 1.05 bits per heavy atom. The van der Waals surface area contributed by atoms with E-state index in [1.807, 2.05) is 50.2 Å². The van der Waals surface area contributed by atoms with E-state index in [9.17, 15) is 9.59 Å². The largest absolute Gasteiger partial charge is 0.465 e. The minimum absolute atomic E-state index is 0.00917. The van der Waals surface area contributed by atoms with Crippen molar-refractivity contribution >= 4 is 34.3 Å². The highest BCUT2D eigenvalue weighted by molar-refractivity contribution is 6.13. The van der Waals surface area contributed by atoms with E-state index in [1.54, 1.807) is 36.1 Å². The van der Waals surface area contributed by atoms with Gasteiger partial charge in [-0.3, -0.25) is 14.9 Å². The normalized spacial score (nSPS) is 11.1. The first-order valence-corrected chi connectivity index (χ1v) is 11.7. The molecule has 4 N–H and O–H groups in total. The number of rotatable bonds is 8. The molecular weight excluding hydrogens is 470 g/mol. The van der Waals surface area contributed by atoms with Gasteiger partial charge in [0.2, 0.25) is 0 Å². The number of amidine groups is 1. The molecule has 0 fully saturated rings. The summed E-state index contributed by atoms with van der Waals surface area (Å²) in [6, 6.07) is 18.2. The molecule has 1 aromatic heterocycles. The third-order valence-corrected chi connectivity index (χ3v) is 5.97. The van der Waals surface area contributed by atoms with Crippen LogP contribution in [0.15, 0.2) is 60.7 Å². The van der Waals surface area contributed by atoms with Gasteiger partial charge in [-0.2, -0.15) is 5.10 Å². The minimum atomic E-state index is -0.571. The standard InChI is InChI=1S/C28H29N5O4/c1-16(2)33-24-11-9-19(18-6-5-7-20(13-18)26(29)30)14-22(24)25(32-33)27(34)31-23-10-8-17(15-36-3)12-21(23)28(35)37-4/h5-14,16H,15H2,1-4H3,(H3,29,30)(H,31,34). The summed E-state index contributed by atoms with van der Waals surface area (Å²) < 4.78 is 11.9. The van der Waals surface area contributed by atoms with Gasteiger partial charge in [-0.05, 0) is 60.9 Å². The van der Waals surface area contributed by atoms with Crippen LogP contribution in [0.1, 0.15) is 51.9 Å². The maximum Gasteiger partial charge on any atom is 0.339 e. The summed E-state index contributed by atoms with van der Waals surface area (Å²) in [7, 11) is 2.85. The summed E-state index contributed by atoms with van der Waals surface area (Å²) in [5.74, 6) is -1.05. The molecule has 37 heavy (non-hydrogen) atoms. The smallest absolute Gasteiger partial charge is 0.339 e. The molecule has 0 saturated carbocycles. The topological polar surface area (TPSA) is 132 Å². The number of nitrogens with two attached hydrogens (primary N) is 1. The molecule has 0 aliphatic rings. The van der Waals surface area contributed by atoms with Crippen LogP contribution in [-0.2, 0) is 16.1 Å². The van der Waals surface area contributed by atoms with E-state index in [-0.39, 0.29) is 23.1 Å². The third-order valence-electron chi connectivity index (χ3n) is 5.97. The molecule has 0 radical (unpaired) electrons. The Kier molecular flexibility index (Phi) is 7.35. The molecule has 0 atom stereocenters. The molecule has 4 rings (SSSR count). The van der Waals surface area contributed by atoms with Gasteiger partial charge >= 0.3 is 5.97 Å². The van der Waals surface area contributed by atoms with Gasteiger partial charge in [-0.1, -0.05) is 30.3 Å². The van der Waals surface area contributed by atoms with Crippen LogP contribution in [0, 0.1) is 5.41 Å². The maximum absolute atomic E-state index is 13.5. The first-order chi connectivity index (χ1) is 17.7. The molecule has 0 aliphatic heterocycles. The molecular formula is C28H29N5O4. The number of nitrogens with zero attached hydrogens (tertiary/aromatic N) is 2. The van der Waals surface area contributed by atoms with Crippen LogP contribution >= 0.6 is 0 Å². The highest BCUT2D eigenvalue weighted by Gasteiger charge is 2.22. The molecule has 0 unspecified atom stereocenters. The number of fused-ring (bicyclic) bond motifs is 1. The van der Waals surface area contributed by atoms with Gasteiger partial charge in [0.25, 0.3) is 5.91 Å². The SMILES string of the molecule is COCc1ccc(NC(=O)c2nn(C(C)C)c3ccc(-c4cccc(C(=N)N)c4)cc23)c(C(=O)OC)c1. The van der Waals surface area contributed by atoms with Crippen LogP contribution in [0.5, 0.6) is 0 Å². The molecule has 0 aliphatic carbocycles. The predicted octanol–water partition coefficient (Wildman–Crippen LogP) is 4.75. The van der Waals surface area contributed by atoms with Crippen molar-refractivity contribution < 1.29 is 19.1 Å². The van der Waals surface area contributed by atoms with Crippen molar-refractivity contribution in [3.8, 4) is 11.1 Å². The van der Waals surface area contributed by atoms with Gasteiger partial charge in [0.1, 0.15) is 5.84 Å². The van der Waals surface area contributed by atoms with Crippen molar-refractivity contribution in [1.82, 2.24) is 9.78 Å². The number of carbonyl (C=O) groups excluding carboxylic acids is 2. The number of amides is 1. The third kappa shape index (κ3) is 5.22. The van der Waals surface area contributed by atoms with E-state index in [2.05, 4.69) is 10.4 Å². The Labute approximate surface area is 214 Å². The Balaban J connectivity index is 1.79. The van der Waals surface area contributed by atoms with Crippen molar-refractivity contribution in [2.24, 2.45) is 5.73 Å². The van der Waals surface area contributed by atoms with Gasteiger partial charge in [-0.25, -0.2) is 4.79 Å². The monoisotopic (exact) mass is 499 g/mol. The zero-order valence-electron chi connectivity index (χ0n) is 21.2. The van der Waals surface area contributed by atoms with Crippen LogP contribution in [0.3, 0.4) is 0 Å². The molecule has 0 bridgehead atoms. The summed E-state index contributed by atoms with van der Waals surface area (Å²) in [4.78, 5) is 26.0. The number of nitrogens with one attached hydrogen (secondary N) is 2. The quantitative estimate of drug-likeness (QED) is 0.182. The summed E-state index contributed by atoms with van der Waals surface area (Å²) in [6.07, 6.45) is 0. The second-order valence-electron chi connectivity index (χ2n) is 8.87. The zero-order valence-corrected chi connectivity index (χ0v) is 21.2. The average Bonchev–Trinajstić information content (AvgIpc) is 3.28. The van der Waals surface area contributed by atoms with Gasteiger partial charge < -0.3 is 20.5 Å². The van der Waals surface area contributed by atoms with Gasteiger partial charge in [0, 0.05) is 24.1 Å². The Hall–Kier alpha value is -4.50. The second kappa shape index (κ2) is 10.6. The average molecular weight is 500 g/mol. The fourth-order valence-corrected chi connectivity index (χ4v) is 4.17. The first-order valence-electron chi connectivity index (χ1n) is 11.7. The molecule has 1 amide bonds. The Morgan fingerprint density at radius 3 is 2.49 bits per heavy atom. The van der Waals surface area contributed by atoms with Crippen molar-refractivity contribution in [2.75, 3.05) is 19.5 Å². The number of methoxy groups -OCH3 is 2. The fraction of sp³-hybridized carbons (Fsp3) is 0.214. The van der Waals surface area contributed by atoms with E-state index in [0.717, 1.165) is 22.2 Å². The number of aromatic nitrogens is 2. The van der Waals surface area contributed by atoms with Crippen molar-refractivity contribution in [2.45, 2.75) is 26.5 Å². The van der Waals surface area contributed by atoms with Gasteiger partial charge in [-0.15, -0.1) is 0 Å². The van der Waals surface area contributed by atoms with Crippen LogP contribution in [-0.4, -0.2) is 41.7 Å². The molecule has 3 aromatic carbocycles. The number of nitrogen functional groups attached to an aromatic ring is 1. The van der Waals surface area contributed by atoms with E-state index >= 15 is 0 Å². The van der Waals surface area contributed by atoms with Gasteiger partial charge in [0.15, 0.2) is 5.69 Å². The van der Waals surface area contributed by atoms with Crippen LogP contribution in [0.25, 0.3) is 22.0 Å². The predicted molar refractivity (Wildman–Crippen MR) is 143 cm³/mol. The molecule has 0 spiro atoms. The van der Waals surface area contributed by atoms with Crippen molar-refractivity contribution in [1.29, 1.82) is 5.41 Å². The van der Waals surface area contributed by atoms with E-state index < -0.39 is 11.9 Å². The number of hydrogen-bond donors (Lipinski definition) is 3. The number of ether oxygens (including phenoxy) is 2. The first kappa shape index (κ1) is 25.6. The zero-order chi connectivity index (χ0) is 26.7. The lowest BCUT2D eigenvalue weighted by Gasteiger charge is -2.11. The summed E-state index contributed by atoms with van der Waals surface area (Å²) in [6.45, 7) is 4.29. The van der Waals surface area contributed by atoms with Crippen LogP contribution in [0.2, 0.25) is 0 Å². The highest BCUT2D eigenvalue weighted by atomic mass is 16.5. The van der Waals surface area contributed by atoms with E-state index in [0.29, 0.717) is 23.2 Å². The van der Waals surface area contributed by atoms with Gasteiger partial charge in [0.05, 0.1) is 30.5 Å². The fourth-order valence-electron chi connectivity index (χ4n) is 4.17. The summed E-state index contributed by atoms with van der Waals surface area (Å²) in [5, 5.41) is 15.9. The Morgan fingerprint density at radius 2 is 1.81 bits per heavy atom. The maximum atomic E-state index is 13.5. The molecule has 9 nitrogen and oxygen atoms in total. The highest BCUT2D eigenvalue weighted by Crippen LogP contribution is 2.30. The number of carbonyl (C=O) groups is 2. The summed E-state index contributed by atoms with van der Waals surface area (Å²) >= 11 is 0. The number of anilines is 1. The van der Waals surface area contributed by atoms with Crippen LogP contribution < -0.4 is 11.1 Å². The van der Waals surface area contributed by atoms with Crippen molar-refractivity contribution in [3.05, 3.63) is 83.0 Å². The lowest BCUT2D eigenvalue weighted by molar-refractivity contribution is 0.0601. The van der Waals surface area contributed by atoms with E-state index in [1.165, 1.54) is 7.11 Å². The van der Waals surface area contributed by atoms with Crippen molar-refractivity contribution in [3.63, 3.8) is 0 Å². The number of esters is 1.